The first-order valence-electron chi connectivity index (χ1n) is 5.86. The smallest absolute Gasteiger partial charge is 0.0941 e. The van der Waals surface area contributed by atoms with E-state index in [2.05, 4.69) is 36.2 Å². The maximum Gasteiger partial charge on any atom is 0.0941 e. The number of fused-ring (bicyclic) bond motifs is 2. The molecule has 2 heteroatoms. The van der Waals surface area contributed by atoms with Gasteiger partial charge in [0.1, 0.15) is 0 Å². The van der Waals surface area contributed by atoms with Crippen molar-refractivity contribution in [2.24, 2.45) is 0 Å². The van der Waals surface area contributed by atoms with Gasteiger partial charge in [-0.1, -0.05) is 37.3 Å². The van der Waals surface area contributed by atoms with E-state index in [1.165, 1.54) is 5.56 Å². The standard InChI is InChI=1S/C15H14N2/c1-2-10-7-8-12-9-11-5-3-4-6-13(11)17-15(12)14(10)16/h3-9H,2,16H2,1H3. The summed E-state index contributed by atoms with van der Waals surface area (Å²) in [5.41, 5.74) is 10.1. The Morgan fingerprint density at radius 3 is 2.71 bits per heavy atom. The maximum atomic E-state index is 6.16. The minimum absolute atomic E-state index is 0.816. The van der Waals surface area contributed by atoms with Crippen LogP contribution < -0.4 is 5.73 Å². The van der Waals surface area contributed by atoms with E-state index < -0.39 is 0 Å². The Bertz CT molecular complexity index is 702. The number of nitrogen functional groups attached to an aromatic ring is 1. The van der Waals surface area contributed by atoms with Gasteiger partial charge in [0.2, 0.25) is 0 Å². The first-order valence-corrected chi connectivity index (χ1v) is 5.86. The molecule has 0 aliphatic heterocycles. The van der Waals surface area contributed by atoms with Gasteiger partial charge in [0, 0.05) is 10.8 Å². The summed E-state index contributed by atoms with van der Waals surface area (Å²) in [4.78, 5) is 4.66. The number of rotatable bonds is 1. The fourth-order valence-corrected chi connectivity index (χ4v) is 2.22. The Morgan fingerprint density at radius 2 is 1.88 bits per heavy atom. The lowest BCUT2D eigenvalue weighted by atomic mass is 10.0. The second kappa shape index (κ2) is 3.74. The highest BCUT2D eigenvalue weighted by Crippen LogP contribution is 2.26. The van der Waals surface area contributed by atoms with Crippen LogP contribution in [0.4, 0.5) is 5.69 Å². The van der Waals surface area contributed by atoms with Gasteiger partial charge in [-0.3, -0.25) is 0 Å². The van der Waals surface area contributed by atoms with E-state index in [9.17, 15) is 0 Å². The van der Waals surface area contributed by atoms with Crippen molar-refractivity contribution < 1.29 is 0 Å². The highest BCUT2D eigenvalue weighted by molar-refractivity contribution is 5.98. The van der Waals surface area contributed by atoms with Gasteiger partial charge in [-0.15, -0.1) is 0 Å². The summed E-state index contributed by atoms with van der Waals surface area (Å²) in [5.74, 6) is 0. The fourth-order valence-electron chi connectivity index (χ4n) is 2.22. The largest absolute Gasteiger partial charge is 0.397 e. The summed E-state index contributed by atoms with van der Waals surface area (Å²) >= 11 is 0. The van der Waals surface area contributed by atoms with Crippen molar-refractivity contribution >= 4 is 27.5 Å². The third-order valence-corrected chi connectivity index (χ3v) is 3.20. The lowest BCUT2D eigenvalue weighted by molar-refractivity contribution is 1.15. The highest BCUT2D eigenvalue weighted by Gasteiger charge is 2.05. The number of para-hydroxylation sites is 1. The zero-order valence-corrected chi connectivity index (χ0v) is 9.77. The summed E-state index contributed by atoms with van der Waals surface area (Å²) in [6.45, 7) is 2.11. The number of anilines is 1. The van der Waals surface area contributed by atoms with Crippen molar-refractivity contribution in [1.29, 1.82) is 0 Å². The predicted molar refractivity (Wildman–Crippen MR) is 73.0 cm³/mol. The molecule has 0 radical (unpaired) electrons. The van der Waals surface area contributed by atoms with Gasteiger partial charge in [-0.2, -0.15) is 0 Å². The molecule has 2 N–H and O–H groups in total. The number of benzene rings is 2. The number of pyridine rings is 1. The van der Waals surface area contributed by atoms with E-state index in [1.807, 2.05) is 18.2 Å². The molecule has 0 fully saturated rings. The lowest BCUT2D eigenvalue weighted by Gasteiger charge is -2.08. The van der Waals surface area contributed by atoms with Crippen LogP contribution in [0.2, 0.25) is 0 Å². The van der Waals surface area contributed by atoms with Crippen molar-refractivity contribution in [2.75, 3.05) is 5.73 Å². The number of hydrogen-bond acceptors (Lipinski definition) is 2. The van der Waals surface area contributed by atoms with Crippen LogP contribution >= 0.6 is 0 Å². The number of aryl methyl sites for hydroxylation is 1. The zero-order chi connectivity index (χ0) is 11.8. The second-order valence-corrected chi connectivity index (χ2v) is 4.24. The van der Waals surface area contributed by atoms with Gasteiger partial charge in [-0.05, 0) is 24.1 Å². The van der Waals surface area contributed by atoms with Gasteiger partial charge in [0.25, 0.3) is 0 Å². The van der Waals surface area contributed by atoms with E-state index >= 15 is 0 Å². The Hall–Kier alpha value is -2.09. The van der Waals surface area contributed by atoms with E-state index in [-0.39, 0.29) is 0 Å². The molecule has 2 nitrogen and oxygen atoms in total. The average Bonchev–Trinajstić information content (AvgIpc) is 2.37. The predicted octanol–water partition coefficient (Wildman–Crippen LogP) is 3.53. The van der Waals surface area contributed by atoms with Crippen molar-refractivity contribution in [3.8, 4) is 0 Å². The normalized spacial score (nSPS) is 11.1. The molecule has 3 rings (SSSR count). The van der Waals surface area contributed by atoms with Crippen LogP contribution in [-0.4, -0.2) is 4.98 Å². The molecule has 84 valence electrons. The van der Waals surface area contributed by atoms with E-state index in [0.717, 1.165) is 33.9 Å². The molecule has 0 amide bonds. The summed E-state index contributed by atoms with van der Waals surface area (Å²) in [6, 6.07) is 14.5. The molecular weight excluding hydrogens is 208 g/mol. The van der Waals surface area contributed by atoms with Gasteiger partial charge < -0.3 is 5.73 Å². The fraction of sp³-hybridized carbons (Fsp3) is 0.133. The first kappa shape index (κ1) is 10.1. The summed E-state index contributed by atoms with van der Waals surface area (Å²) in [6.07, 6.45) is 0.941. The van der Waals surface area contributed by atoms with Gasteiger partial charge in [-0.25, -0.2) is 4.98 Å². The quantitative estimate of drug-likeness (QED) is 0.505. The Morgan fingerprint density at radius 1 is 1.06 bits per heavy atom. The minimum atomic E-state index is 0.816. The van der Waals surface area contributed by atoms with Crippen molar-refractivity contribution in [3.05, 3.63) is 48.0 Å². The Balaban J connectivity index is 2.44. The van der Waals surface area contributed by atoms with Crippen LogP contribution in [0, 0.1) is 0 Å². The molecule has 3 aromatic rings. The van der Waals surface area contributed by atoms with Crippen LogP contribution in [0.5, 0.6) is 0 Å². The first-order chi connectivity index (χ1) is 8.29. The molecule has 1 aromatic heterocycles. The molecule has 0 aliphatic rings. The molecule has 0 aliphatic carbocycles. The molecule has 0 bridgehead atoms. The van der Waals surface area contributed by atoms with Gasteiger partial charge >= 0.3 is 0 Å². The Labute approximate surface area is 100 Å². The molecular formula is C15H14N2. The third kappa shape index (κ3) is 1.53. The number of hydrogen-bond donors (Lipinski definition) is 1. The third-order valence-electron chi connectivity index (χ3n) is 3.20. The van der Waals surface area contributed by atoms with Crippen LogP contribution in [0.3, 0.4) is 0 Å². The highest BCUT2D eigenvalue weighted by atomic mass is 14.7. The SMILES string of the molecule is CCc1ccc2cc3ccccc3nc2c1N. The zero-order valence-electron chi connectivity index (χ0n) is 9.77. The monoisotopic (exact) mass is 222 g/mol. The van der Waals surface area contributed by atoms with E-state index in [4.69, 9.17) is 5.73 Å². The van der Waals surface area contributed by atoms with Crippen molar-refractivity contribution in [2.45, 2.75) is 13.3 Å². The molecule has 2 aromatic carbocycles. The summed E-state index contributed by atoms with van der Waals surface area (Å²) < 4.78 is 0. The van der Waals surface area contributed by atoms with E-state index in [0.29, 0.717) is 0 Å². The summed E-state index contributed by atoms with van der Waals surface area (Å²) in [5, 5.41) is 2.27. The molecule has 0 saturated heterocycles. The van der Waals surface area contributed by atoms with Gasteiger partial charge in [0.05, 0.1) is 16.7 Å². The average molecular weight is 222 g/mol. The molecule has 17 heavy (non-hydrogen) atoms. The molecule has 0 spiro atoms. The van der Waals surface area contributed by atoms with Crippen LogP contribution in [0.25, 0.3) is 21.8 Å². The number of nitrogens with zero attached hydrogens (tertiary/aromatic N) is 1. The number of aromatic nitrogens is 1. The molecule has 0 unspecified atom stereocenters. The molecule has 1 heterocycles. The molecule has 0 atom stereocenters. The van der Waals surface area contributed by atoms with E-state index in [1.54, 1.807) is 0 Å². The van der Waals surface area contributed by atoms with Crippen molar-refractivity contribution in [1.82, 2.24) is 4.98 Å². The maximum absolute atomic E-state index is 6.16. The second-order valence-electron chi connectivity index (χ2n) is 4.24. The number of nitrogens with two attached hydrogens (primary N) is 1. The summed E-state index contributed by atoms with van der Waals surface area (Å²) in [7, 11) is 0. The topological polar surface area (TPSA) is 38.9 Å². The Kier molecular flexibility index (Phi) is 2.22. The van der Waals surface area contributed by atoms with Crippen LogP contribution in [0.1, 0.15) is 12.5 Å². The van der Waals surface area contributed by atoms with Crippen molar-refractivity contribution in [3.63, 3.8) is 0 Å². The molecule has 0 saturated carbocycles. The lowest BCUT2D eigenvalue weighted by Crippen LogP contribution is -1.96. The van der Waals surface area contributed by atoms with Crippen LogP contribution in [0.15, 0.2) is 42.5 Å². The van der Waals surface area contributed by atoms with Gasteiger partial charge in [0.15, 0.2) is 0 Å². The van der Waals surface area contributed by atoms with Crippen LogP contribution in [-0.2, 0) is 6.42 Å². The minimum Gasteiger partial charge on any atom is -0.397 e.